The third-order valence-electron chi connectivity index (χ3n) is 2.51. The standard InChI is InChI=1S/C11H20O3/c1-4-5-6-11(2,3)10(12)14-8-9-7-13-9/h9H,4-8H2,1-3H3. The minimum absolute atomic E-state index is 0.0959. The van der Waals surface area contributed by atoms with E-state index in [2.05, 4.69) is 6.92 Å². The lowest BCUT2D eigenvalue weighted by atomic mass is 9.87. The summed E-state index contributed by atoms with van der Waals surface area (Å²) in [5, 5.41) is 0. The molecule has 1 saturated heterocycles. The van der Waals surface area contributed by atoms with Gasteiger partial charge >= 0.3 is 5.97 Å². The zero-order valence-electron chi connectivity index (χ0n) is 9.34. The maximum Gasteiger partial charge on any atom is 0.311 e. The van der Waals surface area contributed by atoms with Gasteiger partial charge in [-0.3, -0.25) is 4.79 Å². The SMILES string of the molecule is CCCCC(C)(C)C(=O)OCC1CO1. The Bertz CT molecular complexity index is 195. The fourth-order valence-electron chi connectivity index (χ4n) is 1.25. The van der Waals surface area contributed by atoms with Gasteiger partial charge in [0.2, 0.25) is 0 Å². The van der Waals surface area contributed by atoms with Crippen molar-refractivity contribution in [2.24, 2.45) is 5.41 Å². The van der Waals surface area contributed by atoms with Crippen LogP contribution in [0, 0.1) is 5.41 Å². The van der Waals surface area contributed by atoms with E-state index < -0.39 is 0 Å². The minimum atomic E-state index is -0.342. The molecule has 0 aliphatic carbocycles. The van der Waals surface area contributed by atoms with Gasteiger partial charge in [0.25, 0.3) is 0 Å². The Morgan fingerprint density at radius 3 is 2.71 bits per heavy atom. The molecule has 1 unspecified atom stereocenters. The third-order valence-corrected chi connectivity index (χ3v) is 2.51. The van der Waals surface area contributed by atoms with Crippen LogP contribution in [0.25, 0.3) is 0 Å². The summed E-state index contributed by atoms with van der Waals surface area (Å²) in [6.07, 6.45) is 3.25. The van der Waals surface area contributed by atoms with E-state index in [9.17, 15) is 4.79 Å². The first-order valence-electron chi connectivity index (χ1n) is 5.35. The highest BCUT2D eigenvalue weighted by Gasteiger charge is 2.31. The summed E-state index contributed by atoms with van der Waals surface area (Å²) in [7, 11) is 0. The molecule has 0 bridgehead atoms. The number of rotatable bonds is 6. The maximum atomic E-state index is 11.6. The van der Waals surface area contributed by atoms with Gasteiger partial charge in [0.05, 0.1) is 12.0 Å². The molecule has 1 fully saturated rings. The Kier molecular flexibility index (Phi) is 3.93. The second kappa shape index (κ2) is 4.78. The van der Waals surface area contributed by atoms with Crippen molar-refractivity contribution in [3.05, 3.63) is 0 Å². The van der Waals surface area contributed by atoms with Gasteiger partial charge in [0.1, 0.15) is 12.7 Å². The number of carbonyl (C=O) groups is 1. The van der Waals surface area contributed by atoms with Gasteiger partial charge in [-0.05, 0) is 20.3 Å². The normalized spacial score (nSPS) is 20.6. The monoisotopic (exact) mass is 200 g/mol. The van der Waals surface area contributed by atoms with Gasteiger partial charge in [0.15, 0.2) is 0 Å². The number of esters is 1. The molecule has 3 heteroatoms. The average molecular weight is 200 g/mol. The van der Waals surface area contributed by atoms with Crippen molar-refractivity contribution in [1.29, 1.82) is 0 Å². The number of hydrogen-bond acceptors (Lipinski definition) is 3. The number of epoxide rings is 1. The number of ether oxygens (including phenoxy) is 2. The Morgan fingerprint density at radius 1 is 1.57 bits per heavy atom. The van der Waals surface area contributed by atoms with E-state index in [-0.39, 0.29) is 17.5 Å². The van der Waals surface area contributed by atoms with E-state index in [0.29, 0.717) is 6.61 Å². The zero-order chi connectivity index (χ0) is 10.6. The van der Waals surface area contributed by atoms with Crippen molar-refractivity contribution in [1.82, 2.24) is 0 Å². The fraction of sp³-hybridized carbons (Fsp3) is 0.909. The van der Waals surface area contributed by atoms with E-state index in [1.165, 1.54) is 0 Å². The summed E-state index contributed by atoms with van der Waals surface area (Å²) in [6, 6.07) is 0. The topological polar surface area (TPSA) is 38.8 Å². The third kappa shape index (κ3) is 3.66. The number of carbonyl (C=O) groups excluding carboxylic acids is 1. The smallest absolute Gasteiger partial charge is 0.311 e. The van der Waals surface area contributed by atoms with Crippen LogP contribution in [0.3, 0.4) is 0 Å². The highest BCUT2D eigenvalue weighted by Crippen LogP contribution is 2.25. The Balaban J connectivity index is 2.24. The molecule has 0 aromatic rings. The van der Waals surface area contributed by atoms with Crippen LogP contribution in [0.5, 0.6) is 0 Å². The molecule has 0 spiro atoms. The first kappa shape index (κ1) is 11.5. The highest BCUT2D eigenvalue weighted by atomic mass is 16.6. The molecule has 14 heavy (non-hydrogen) atoms. The van der Waals surface area contributed by atoms with Crippen molar-refractivity contribution in [3.63, 3.8) is 0 Å². The van der Waals surface area contributed by atoms with Crippen LogP contribution in [-0.2, 0) is 14.3 Å². The molecule has 0 aromatic heterocycles. The Hall–Kier alpha value is -0.570. The predicted molar refractivity (Wildman–Crippen MR) is 54.0 cm³/mol. The second-order valence-electron chi connectivity index (χ2n) is 4.54. The lowest BCUT2D eigenvalue weighted by Gasteiger charge is -2.21. The van der Waals surface area contributed by atoms with Crippen LogP contribution in [0.1, 0.15) is 40.0 Å². The lowest BCUT2D eigenvalue weighted by Crippen LogP contribution is -2.27. The van der Waals surface area contributed by atoms with Gasteiger partial charge in [0, 0.05) is 0 Å². The molecule has 0 radical (unpaired) electrons. The average Bonchev–Trinajstić information content (AvgIpc) is 2.94. The summed E-state index contributed by atoms with van der Waals surface area (Å²) < 4.78 is 10.1. The van der Waals surface area contributed by atoms with Gasteiger partial charge in [-0.1, -0.05) is 19.8 Å². The first-order valence-corrected chi connectivity index (χ1v) is 5.35. The molecule has 1 atom stereocenters. The van der Waals surface area contributed by atoms with Crippen molar-refractivity contribution < 1.29 is 14.3 Å². The molecule has 1 aliphatic rings. The van der Waals surface area contributed by atoms with Crippen LogP contribution in [0.15, 0.2) is 0 Å². The summed E-state index contributed by atoms with van der Waals surface area (Å²) in [6.45, 7) is 7.17. The lowest BCUT2D eigenvalue weighted by molar-refractivity contribution is -0.154. The van der Waals surface area contributed by atoms with Gasteiger partial charge in [-0.2, -0.15) is 0 Å². The second-order valence-corrected chi connectivity index (χ2v) is 4.54. The van der Waals surface area contributed by atoms with Crippen LogP contribution in [-0.4, -0.2) is 25.3 Å². The molecule has 3 nitrogen and oxygen atoms in total. The predicted octanol–water partition coefficient (Wildman–Crippen LogP) is 2.14. The van der Waals surface area contributed by atoms with Crippen LogP contribution in [0.2, 0.25) is 0 Å². The van der Waals surface area contributed by atoms with Gasteiger partial charge in [-0.15, -0.1) is 0 Å². The van der Waals surface area contributed by atoms with E-state index in [0.717, 1.165) is 25.9 Å². The molecule has 1 aliphatic heterocycles. The summed E-state index contributed by atoms with van der Waals surface area (Å²) in [5.74, 6) is -0.0959. The molecule has 0 saturated carbocycles. The van der Waals surface area contributed by atoms with Crippen LogP contribution in [0.4, 0.5) is 0 Å². The first-order chi connectivity index (χ1) is 6.56. The molecule has 1 rings (SSSR count). The maximum absolute atomic E-state index is 11.6. The minimum Gasteiger partial charge on any atom is -0.462 e. The molecular weight excluding hydrogens is 180 g/mol. The summed E-state index contributed by atoms with van der Waals surface area (Å²) in [5.41, 5.74) is -0.342. The van der Waals surface area contributed by atoms with Crippen molar-refractivity contribution in [3.8, 4) is 0 Å². The fourth-order valence-corrected chi connectivity index (χ4v) is 1.25. The molecule has 82 valence electrons. The molecule has 0 N–H and O–H groups in total. The largest absolute Gasteiger partial charge is 0.462 e. The Morgan fingerprint density at radius 2 is 2.21 bits per heavy atom. The van der Waals surface area contributed by atoms with Gasteiger partial charge < -0.3 is 9.47 Å². The van der Waals surface area contributed by atoms with E-state index >= 15 is 0 Å². The van der Waals surface area contributed by atoms with Crippen LogP contribution < -0.4 is 0 Å². The molecule has 0 aromatic carbocycles. The summed E-state index contributed by atoms with van der Waals surface area (Å²) >= 11 is 0. The van der Waals surface area contributed by atoms with E-state index in [1.54, 1.807) is 0 Å². The molecular formula is C11H20O3. The van der Waals surface area contributed by atoms with Crippen molar-refractivity contribution in [2.75, 3.05) is 13.2 Å². The quantitative estimate of drug-likeness (QED) is 0.487. The van der Waals surface area contributed by atoms with Crippen molar-refractivity contribution >= 4 is 5.97 Å². The molecule has 0 amide bonds. The number of hydrogen-bond donors (Lipinski definition) is 0. The zero-order valence-corrected chi connectivity index (χ0v) is 9.34. The van der Waals surface area contributed by atoms with Gasteiger partial charge in [-0.25, -0.2) is 0 Å². The Labute approximate surface area is 85.8 Å². The highest BCUT2D eigenvalue weighted by molar-refractivity contribution is 5.75. The molecule has 1 heterocycles. The van der Waals surface area contributed by atoms with Crippen LogP contribution >= 0.6 is 0 Å². The van der Waals surface area contributed by atoms with Crippen molar-refractivity contribution in [2.45, 2.75) is 46.1 Å². The number of unbranched alkanes of at least 4 members (excludes halogenated alkanes) is 1. The van der Waals surface area contributed by atoms with E-state index in [1.807, 2.05) is 13.8 Å². The summed E-state index contributed by atoms with van der Waals surface area (Å²) in [4.78, 5) is 11.6. The van der Waals surface area contributed by atoms with E-state index in [4.69, 9.17) is 9.47 Å².